The standard InChI is InChI=1S/C22H24ClN3O2S2/c1-2-3-17-4-6-18(7-5-17)21-16-29-22(24-21)25-12-14-26(15-13-25)30(27,28)20-10-8-19(23)9-11-20/h4-11,16H,2-3,12-15H2,1H3. The van der Waals surface area contributed by atoms with Gasteiger partial charge in [0.1, 0.15) is 0 Å². The largest absolute Gasteiger partial charge is 0.345 e. The van der Waals surface area contributed by atoms with Gasteiger partial charge in [-0.15, -0.1) is 11.3 Å². The van der Waals surface area contributed by atoms with Gasteiger partial charge in [-0.1, -0.05) is 49.2 Å². The first-order valence-electron chi connectivity index (χ1n) is 10.0. The number of aryl methyl sites for hydroxylation is 1. The fourth-order valence-corrected chi connectivity index (χ4v) is 5.99. The summed E-state index contributed by atoms with van der Waals surface area (Å²) in [5, 5.41) is 3.53. The third kappa shape index (κ3) is 4.54. The molecule has 30 heavy (non-hydrogen) atoms. The molecule has 1 aliphatic heterocycles. The predicted octanol–water partition coefficient (Wildman–Crippen LogP) is 4.93. The molecule has 0 amide bonds. The Morgan fingerprint density at radius 1 is 1.00 bits per heavy atom. The van der Waals surface area contributed by atoms with E-state index in [1.54, 1.807) is 35.6 Å². The van der Waals surface area contributed by atoms with E-state index in [1.165, 1.54) is 9.87 Å². The van der Waals surface area contributed by atoms with E-state index in [-0.39, 0.29) is 4.90 Å². The molecular formula is C22H24ClN3O2S2. The lowest BCUT2D eigenvalue weighted by atomic mass is 10.1. The maximum atomic E-state index is 12.9. The summed E-state index contributed by atoms with van der Waals surface area (Å²) in [4.78, 5) is 7.24. The minimum atomic E-state index is -3.50. The van der Waals surface area contributed by atoms with Crippen LogP contribution in [0.2, 0.25) is 5.02 Å². The van der Waals surface area contributed by atoms with Crippen molar-refractivity contribution in [3.8, 4) is 11.3 Å². The maximum Gasteiger partial charge on any atom is 0.243 e. The van der Waals surface area contributed by atoms with Gasteiger partial charge in [0.15, 0.2) is 5.13 Å². The third-order valence-corrected chi connectivity index (χ3v) is 8.31. The summed E-state index contributed by atoms with van der Waals surface area (Å²) >= 11 is 7.49. The second kappa shape index (κ2) is 9.06. The van der Waals surface area contributed by atoms with Crippen LogP contribution in [0.1, 0.15) is 18.9 Å². The highest BCUT2D eigenvalue weighted by Crippen LogP contribution is 2.29. The van der Waals surface area contributed by atoms with Crippen LogP contribution in [0.3, 0.4) is 0 Å². The van der Waals surface area contributed by atoms with Crippen LogP contribution >= 0.6 is 22.9 Å². The molecule has 8 heteroatoms. The Labute approximate surface area is 187 Å². The molecular weight excluding hydrogens is 438 g/mol. The van der Waals surface area contributed by atoms with Crippen molar-refractivity contribution in [1.82, 2.24) is 9.29 Å². The zero-order valence-electron chi connectivity index (χ0n) is 16.8. The van der Waals surface area contributed by atoms with E-state index in [0.717, 1.165) is 29.2 Å². The Kier molecular flexibility index (Phi) is 6.43. The van der Waals surface area contributed by atoms with Gasteiger partial charge in [0.25, 0.3) is 0 Å². The van der Waals surface area contributed by atoms with Crippen LogP contribution in [0.4, 0.5) is 5.13 Å². The van der Waals surface area contributed by atoms with Crippen LogP contribution in [-0.4, -0.2) is 43.9 Å². The van der Waals surface area contributed by atoms with Crippen molar-refractivity contribution in [2.24, 2.45) is 0 Å². The molecule has 3 aromatic rings. The van der Waals surface area contributed by atoms with E-state index < -0.39 is 10.0 Å². The van der Waals surface area contributed by atoms with Crippen molar-refractivity contribution in [3.05, 3.63) is 64.5 Å². The van der Waals surface area contributed by atoms with E-state index in [4.69, 9.17) is 16.6 Å². The molecule has 0 radical (unpaired) electrons. The monoisotopic (exact) mass is 461 g/mol. The molecule has 0 saturated carbocycles. The fraction of sp³-hybridized carbons (Fsp3) is 0.318. The number of hydrogen-bond donors (Lipinski definition) is 0. The molecule has 2 heterocycles. The Morgan fingerprint density at radius 3 is 2.30 bits per heavy atom. The number of hydrogen-bond acceptors (Lipinski definition) is 5. The molecule has 4 rings (SSSR count). The second-order valence-corrected chi connectivity index (χ2v) is 10.5. The summed E-state index contributed by atoms with van der Waals surface area (Å²) in [5.41, 5.74) is 3.42. The van der Waals surface area contributed by atoms with Gasteiger partial charge in [0.05, 0.1) is 10.6 Å². The molecule has 0 unspecified atom stereocenters. The van der Waals surface area contributed by atoms with Gasteiger partial charge >= 0.3 is 0 Å². The molecule has 0 aliphatic carbocycles. The fourth-order valence-electron chi connectivity index (χ4n) is 3.55. The van der Waals surface area contributed by atoms with Crippen LogP contribution in [-0.2, 0) is 16.4 Å². The van der Waals surface area contributed by atoms with Gasteiger partial charge in [-0.05, 0) is 36.2 Å². The van der Waals surface area contributed by atoms with Gasteiger partial charge in [0.2, 0.25) is 10.0 Å². The molecule has 0 N–H and O–H groups in total. The number of nitrogens with zero attached hydrogens (tertiary/aromatic N) is 3. The molecule has 1 aromatic heterocycles. The van der Waals surface area contributed by atoms with Gasteiger partial charge in [0, 0.05) is 42.1 Å². The average molecular weight is 462 g/mol. The zero-order chi connectivity index (χ0) is 21.1. The van der Waals surface area contributed by atoms with Crippen molar-refractivity contribution < 1.29 is 8.42 Å². The van der Waals surface area contributed by atoms with Crippen LogP contribution in [0, 0.1) is 0 Å². The number of halogens is 1. The molecule has 1 aliphatic rings. The third-order valence-electron chi connectivity index (χ3n) is 5.24. The Bertz CT molecular complexity index is 1090. The first-order valence-corrected chi connectivity index (χ1v) is 12.7. The van der Waals surface area contributed by atoms with Crippen molar-refractivity contribution >= 4 is 38.1 Å². The molecule has 1 fully saturated rings. The van der Waals surface area contributed by atoms with Crippen molar-refractivity contribution in [2.75, 3.05) is 31.1 Å². The summed E-state index contributed by atoms with van der Waals surface area (Å²) in [6.45, 7) is 4.29. The smallest absolute Gasteiger partial charge is 0.243 e. The van der Waals surface area contributed by atoms with Gasteiger partial charge in [-0.3, -0.25) is 0 Å². The summed E-state index contributed by atoms with van der Waals surface area (Å²) in [5.74, 6) is 0. The minimum Gasteiger partial charge on any atom is -0.345 e. The number of sulfonamides is 1. The molecule has 0 atom stereocenters. The molecule has 2 aromatic carbocycles. The Hall–Kier alpha value is -1.93. The molecule has 0 bridgehead atoms. The van der Waals surface area contributed by atoms with Gasteiger partial charge in [-0.25, -0.2) is 13.4 Å². The van der Waals surface area contributed by atoms with Gasteiger partial charge in [-0.2, -0.15) is 4.31 Å². The first kappa shape index (κ1) is 21.3. The molecule has 0 spiro atoms. The highest BCUT2D eigenvalue weighted by atomic mass is 35.5. The maximum absolute atomic E-state index is 12.9. The predicted molar refractivity (Wildman–Crippen MR) is 124 cm³/mol. The van der Waals surface area contributed by atoms with Crippen molar-refractivity contribution in [2.45, 2.75) is 24.7 Å². The number of piperazine rings is 1. The minimum absolute atomic E-state index is 0.281. The SMILES string of the molecule is CCCc1ccc(-c2csc(N3CCN(S(=O)(=O)c4ccc(Cl)cc4)CC3)n2)cc1. The van der Waals surface area contributed by atoms with Crippen LogP contribution in [0.5, 0.6) is 0 Å². The topological polar surface area (TPSA) is 53.5 Å². The summed E-state index contributed by atoms with van der Waals surface area (Å²) < 4.78 is 27.2. The average Bonchev–Trinajstić information content (AvgIpc) is 3.25. The highest BCUT2D eigenvalue weighted by Gasteiger charge is 2.29. The Morgan fingerprint density at radius 2 is 1.67 bits per heavy atom. The second-order valence-electron chi connectivity index (χ2n) is 7.31. The normalized spacial score (nSPS) is 15.5. The lowest BCUT2D eigenvalue weighted by Gasteiger charge is -2.33. The van der Waals surface area contributed by atoms with E-state index in [2.05, 4.69) is 41.5 Å². The number of aromatic nitrogens is 1. The molecule has 158 valence electrons. The van der Waals surface area contributed by atoms with Gasteiger partial charge < -0.3 is 4.90 Å². The summed E-state index contributed by atoms with van der Waals surface area (Å²) in [7, 11) is -3.50. The molecule has 1 saturated heterocycles. The lowest BCUT2D eigenvalue weighted by molar-refractivity contribution is 0.385. The number of rotatable bonds is 6. The van der Waals surface area contributed by atoms with E-state index >= 15 is 0 Å². The van der Waals surface area contributed by atoms with Crippen molar-refractivity contribution in [1.29, 1.82) is 0 Å². The lowest BCUT2D eigenvalue weighted by Crippen LogP contribution is -2.48. The number of benzene rings is 2. The number of anilines is 1. The van der Waals surface area contributed by atoms with Crippen molar-refractivity contribution in [3.63, 3.8) is 0 Å². The summed E-state index contributed by atoms with van der Waals surface area (Å²) in [6, 6.07) is 14.9. The van der Waals surface area contributed by atoms with Crippen LogP contribution in [0.15, 0.2) is 58.8 Å². The number of thiazole rings is 1. The quantitative estimate of drug-likeness (QED) is 0.522. The first-order chi connectivity index (χ1) is 14.5. The van der Waals surface area contributed by atoms with E-state index in [1.807, 2.05) is 0 Å². The summed E-state index contributed by atoms with van der Waals surface area (Å²) in [6.07, 6.45) is 2.23. The van der Waals surface area contributed by atoms with E-state index in [0.29, 0.717) is 31.2 Å². The van der Waals surface area contributed by atoms with E-state index in [9.17, 15) is 8.42 Å². The highest BCUT2D eigenvalue weighted by molar-refractivity contribution is 7.89. The van der Waals surface area contributed by atoms with Crippen LogP contribution < -0.4 is 4.90 Å². The van der Waals surface area contributed by atoms with Crippen LogP contribution in [0.25, 0.3) is 11.3 Å². The Balaban J connectivity index is 1.41. The zero-order valence-corrected chi connectivity index (χ0v) is 19.2. The molecule has 5 nitrogen and oxygen atoms in total.